The van der Waals surface area contributed by atoms with Crippen LogP contribution in [0.3, 0.4) is 0 Å². The Kier molecular flexibility index (Phi) is 6.59. The van der Waals surface area contributed by atoms with Crippen molar-refractivity contribution in [3.05, 3.63) is 0 Å². The molecule has 0 radical (unpaired) electrons. The number of hydrogen-bond acceptors (Lipinski definition) is 3. The zero-order valence-corrected chi connectivity index (χ0v) is 11.6. The second kappa shape index (κ2) is 7.08. The molecule has 0 aromatic carbocycles. The van der Waals surface area contributed by atoms with Gasteiger partial charge >= 0.3 is 24.4 Å². The highest BCUT2D eigenvalue weighted by atomic mass is 32.1. The summed E-state index contributed by atoms with van der Waals surface area (Å²) < 4.78 is 140. The molecule has 0 N–H and O–H groups in total. The fraction of sp³-hybridized carbons (Fsp3) is 0.714. The van der Waals surface area contributed by atoms with Crippen LogP contribution >= 0.6 is 12.2 Å². The van der Waals surface area contributed by atoms with Gasteiger partial charge in [0.2, 0.25) is 0 Å². The van der Waals surface area contributed by atoms with Crippen LogP contribution in [-0.4, -0.2) is 51.1 Å². The standard InChI is InChI=1S/C7H4F11N3O2S/c1-5(10,23-7(13,14)6(11,12)2(8)9)3(22)20(17)21(18)4(24)19(15)16/h2H,1H3. The third-order valence-corrected chi connectivity index (χ3v) is 2.28. The van der Waals surface area contributed by atoms with Crippen LogP contribution in [0.2, 0.25) is 0 Å². The van der Waals surface area contributed by atoms with Crippen LogP contribution in [-0.2, 0) is 9.53 Å². The number of carbonyl (C=O) groups excluding carboxylic acids is 1. The number of hydrazine groups is 1. The largest absolute Gasteiger partial charge is 0.428 e. The van der Waals surface area contributed by atoms with Gasteiger partial charge in [0.05, 0.1) is 0 Å². The molecule has 0 heterocycles. The van der Waals surface area contributed by atoms with Crippen molar-refractivity contribution >= 4 is 23.2 Å². The van der Waals surface area contributed by atoms with Crippen LogP contribution < -0.4 is 0 Å². The van der Waals surface area contributed by atoms with Gasteiger partial charge in [-0.25, -0.2) is 13.2 Å². The minimum atomic E-state index is -6.37. The van der Waals surface area contributed by atoms with Gasteiger partial charge < -0.3 is 0 Å². The molecule has 0 fully saturated rings. The van der Waals surface area contributed by atoms with Crippen molar-refractivity contribution < 1.29 is 58.2 Å². The molecule has 0 aliphatic rings. The van der Waals surface area contributed by atoms with E-state index in [9.17, 15) is 53.5 Å². The summed E-state index contributed by atoms with van der Waals surface area (Å²) in [7, 11) is 0. The van der Waals surface area contributed by atoms with Gasteiger partial charge in [0, 0.05) is 6.92 Å². The minimum Gasteiger partial charge on any atom is -0.269 e. The van der Waals surface area contributed by atoms with E-state index in [0.29, 0.717) is 0 Å². The van der Waals surface area contributed by atoms with Crippen molar-refractivity contribution in [2.24, 2.45) is 0 Å². The van der Waals surface area contributed by atoms with Gasteiger partial charge in [-0.05, 0) is 22.8 Å². The molecule has 24 heavy (non-hydrogen) atoms. The van der Waals surface area contributed by atoms with Gasteiger partial charge in [0.15, 0.2) is 0 Å². The zero-order valence-electron chi connectivity index (χ0n) is 10.8. The van der Waals surface area contributed by atoms with Gasteiger partial charge in [-0.3, -0.25) is 9.53 Å². The molecule has 0 saturated carbocycles. The molecule has 0 spiro atoms. The Balaban J connectivity index is 5.38. The van der Waals surface area contributed by atoms with Crippen LogP contribution in [0.1, 0.15) is 6.92 Å². The topological polar surface area (TPSA) is 36.0 Å². The Bertz CT molecular complexity index is 488. The summed E-state index contributed by atoms with van der Waals surface area (Å²) in [4.78, 5) is 11.0. The van der Waals surface area contributed by atoms with Crippen molar-refractivity contribution in [2.75, 3.05) is 0 Å². The summed E-state index contributed by atoms with van der Waals surface area (Å²) in [5.74, 6) is -14.5. The summed E-state index contributed by atoms with van der Waals surface area (Å²) in [6, 6.07) is 0. The number of nitrogens with zero attached hydrogens (tertiary/aromatic N) is 3. The summed E-state index contributed by atoms with van der Waals surface area (Å²) >= 11 is 3.48. The molecule has 0 aromatic rings. The summed E-state index contributed by atoms with van der Waals surface area (Å²) in [6.45, 7) is -0.503. The number of carbonyl (C=O) groups is 1. The van der Waals surface area contributed by atoms with E-state index in [1.807, 2.05) is 0 Å². The monoisotopic (exact) mass is 403 g/mol. The van der Waals surface area contributed by atoms with Crippen molar-refractivity contribution in [1.82, 2.24) is 15.8 Å². The highest BCUT2D eigenvalue weighted by molar-refractivity contribution is 7.80. The maximum Gasteiger partial charge on any atom is 0.428 e. The maximum absolute atomic E-state index is 13.5. The van der Waals surface area contributed by atoms with E-state index in [2.05, 4.69) is 17.0 Å². The lowest BCUT2D eigenvalue weighted by Gasteiger charge is -2.31. The van der Waals surface area contributed by atoms with E-state index in [1.54, 1.807) is 0 Å². The van der Waals surface area contributed by atoms with Gasteiger partial charge in [-0.1, -0.05) is 23.2 Å². The van der Waals surface area contributed by atoms with Crippen molar-refractivity contribution in [3.63, 3.8) is 0 Å². The molecule has 0 rings (SSSR count). The van der Waals surface area contributed by atoms with Crippen LogP contribution in [0.15, 0.2) is 0 Å². The molecule has 1 amide bonds. The Labute approximate surface area is 129 Å². The van der Waals surface area contributed by atoms with E-state index in [-0.39, 0.29) is 0 Å². The van der Waals surface area contributed by atoms with E-state index < -0.39 is 58.1 Å². The second-order valence-corrected chi connectivity index (χ2v) is 4.17. The zero-order chi connectivity index (χ0) is 19.7. The van der Waals surface area contributed by atoms with Gasteiger partial charge in [0.1, 0.15) is 0 Å². The lowest BCUT2D eigenvalue weighted by molar-refractivity contribution is -0.413. The number of ether oxygens (including phenoxy) is 1. The second-order valence-electron chi connectivity index (χ2n) is 3.80. The summed E-state index contributed by atoms with van der Waals surface area (Å²) in [5.41, 5.74) is 0. The Morgan fingerprint density at radius 1 is 1.00 bits per heavy atom. The average Bonchev–Trinajstić information content (AvgIpc) is 2.42. The number of rotatable bonds is 5. The predicted molar refractivity (Wildman–Crippen MR) is 54.0 cm³/mol. The highest BCUT2D eigenvalue weighted by Crippen LogP contribution is 2.43. The van der Waals surface area contributed by atoms with E-state index in [1.165, 1.54) is 0 Å². The molecule has 1 unspecified atom stereocenters. The van der Waals surface area contributed by atoms with Gasteiger partial charge in [0.25, 0.3) is 11.0 Å². The van der Waals surface area contributed by atoms with Crippen LogP contribution in [0.4, 0.5) is 48.7 Å². The first kappa shape index (κ1) is 22.4. The summed E-state index contributed by atoms with van der Waals surface area (Å²) in [5, 5.41) is -9.11. The molecule has 0 bridgehead atoms. The Morgan fingerprint density at radius 3 is 1.75 bits per heavy atom. The molecular weight excluding hydrogens is 399 g/mol. The van der Waals surface area contributed by atoms with E-state index in [0.717, 1.165) is 0 Å². The lowest BCUT2D eigenvalue weighted by Crippen LogP contribution is -2.57. The molecule has 0 aromatic heterocycles. The van der Waals surface area contributed by atoms with E-state index in [4.69, 9.17) is 0 Å². The molecular formula is C7H4F11N3O2S. The molecule has 0 aliphatic heterocycles. The molecule has 142 valence electrons. The number of thiocarbonyl (C=S) groups is 1. The normalized spacial score (nSPS) is 15.0. The molecule has 0 aliphatic carbocycles. The van der Waals surface area contributed by atoms with Crippen LogP contribution in [0.5, 0.6) is 0 Å². The minimum absolute atomic E-state index is 0.503. The maximum atomic E-state index is 13.5. The average molecular weight is 403 g/mol. The molecule has 5 nitrogen and oxygen atoms in total. The number of amides is 1. The van der Waals surface area contributed by atoms with E-state index >= 15 is 0 Å². The van der Waals surface area contributed by atoms with Crippen LogP contribution in [0, 0.1) is 0 Å². The van der Waals surface area contributed by atoms with Gasteiger partial charge in [-0.15, -0.1) is 0 Å². The van der Waals surface area contributed by atoms with Crippen molar-refractivity contribution in [1.29, 1.82) is 0 Å². The van der Waals surface area contributed by atoms with Gasteiger partial charge in [-0.2, -0.15) is 17.6 Å². The first-order valence-electron chi connectivity index (χ1n) is 5.03. The first-order chi connectivity index (χ1) is 10.5. The predicted octanol–water partition coefficient (Wildman–Crippen LogP) is 3.35. The third-order valence-electron chi connectivity index (χ3n) is 1.99. The number of hydrogen-bond donors (Lipinski definition) is 0. The molecule has 1 atom stereocenters. The highest BCUT2D eigenvalue weighted by Gasteiger charge is 2.68. The molecule has 17 heteroatoms. The number of halogens is 11. The molecule has 0 saturated heterocycles. The summed E-state index contributed by atoms with van der Waals surface area (Å²) in [6.07, 6.45) is -11.5. The van der Waals surface area contributed by atoms with Crippen LogP contribution in [0.25, 0.3) is 0 Å². The quantitative estimate of drug-likeness (QED) is 0.305. The SMILES string of the molecule is CC(F)(OC(F)(F)C(F)(F)C(F)F)C(=O)N(F)N(F)C(=S)N(F)F. The number of alkyl halides is 7. The third kappa shape index (κ3) is 4.46. The smallest absolute Gasteiger partial charge is 0.269 e. The van der Waals surface area contributed by atoms with Crippen molar-refractivity contribution in [2.45, 2.75) is 31.2 Å². The Morgan fingerprint density at radius 2 is 1.42 bits per heavy atom. The Hall–Kier alpha value is -1.65. The van der Waals surface area contributed by atoms with Crippen molar-refractivity contribution in [3.8, 4) is 0 Å². The lowest BCUT2D eigenvalue weighted by atomic mass is 10.3. The fourth-order valence-electron chi connectivity index (χ4n) is 0.861. The fourth-order valence-corrected chi connectivity index (χ4v) is 0.933. The first-order valence-corrected chi connectivity index (χ1v) is 5.44.